The summed E-state index contributed by atoms with van der Waals surface area (Å²) in [7, 11) is 3.72. The van der Waals surface area contributed by atoms with Gasteiger partial charge in [0.2, 0.25) is 0 Å². The standard InChI is InChI=1S/C29H28N4O3/c1-32-16-17-33(27(20-32)22-6-4-3-5-7-22)28(34)23-10-8-21(9-11-23)24-18-30-29(31-19-24)36-26-14-12-25(35-2)13-15-26/h3-15,18-19,27H,16-17,20H2,1-2H3. The lowest BCUT2D eigenvalue weighted by molar-refractivity contribution is 0.0498. The van der Waals surface area contributed by atoms with E-state index < -0.39 is 0 Å². The van der Waals surface area contributed by atoms with Crippen LogP contribution in [0.1, 0.15) is 22.0 Å². The molecule has 1 aliphatic heterocycles. The first kappa shape index (κ1) is 23.5. The van der Waals surface area contributed by atoms with E-state index in [4.69, 9.17) is 9.47 Å². The van der Waals surface area contributed by atoms with Crippen LogP contribution in [0, 0.1) is 0 Å². The third kappa shape index (κ3) is 5.21. The monoisotopic (exact) mass is 480 g/mol. The molecule has 1 fully saturated rings. The van der Waals surface area contributed by atoms with Crippen LogP contribution in [0.2, 0.25) is 0 Å². The maximum Gasteiger partial charge on any atom is 0.321 e. The second-order valence-electron chi connectivity index (χ2n) is 8.80. The molecule has 1 aromatic heterocycles. The van der Waals surface area contributed by atoms with Gasteiger partial charge in [0.15, 0.2) is 0 Å². The average Bonchev–Trinajstić information content (AvgIpc) is 2.94. The maximum atomic E-state index is 13.5. The lowest BCUT2D eigenvalue weighted by atomic mass is 10.0. The second-order valence-corrected chi connectivity index (χ2v) is 8.80. The fourth-order valence-corrected chi connectivity index (χ4v) is 4.36. The summed E-state index contributed by atoms with van der Waals surface area (Å²) < 4.78 is 10.9. The van der Waals surface area contributed by atoms with Crippen LogP contribution in [0.25, 0.3) is 11.1 Å². The van der Waals surface area contributed by atoms with E-state index in [1.54, 1.807) is 31.6 Å². The summed E-state index contributed by atoms with van der Waals surface area (Å²) in [6.07, 6.45) is 3.43. The summed E-state index contributed by atoms with van der Waals surface area (Å²) in [4.78, 5) is 26.4. The summed E-state index contributed by atoms with van der Waals surface area (Å²) in [5, 5.41) is 0. The first-order valence-electron chi connectivity index (χ1n) is 11.9. The molecule has 1 atom stereocenters. The molecule has 7 heteroatoms. The van der Waals surface area contributed by atoms with Crippen LogP contribution in [0.3, 0.4) is 0 Å². The number of hydrogen-bond donors (Lipinski definition) is 0. The molecule has 1 saturated heterocycles. The van der Waals surface area contributed by atoms with E-state index in [2.05, 4.69) is 34.0 Å². The van der Waals surface area contributed by atoms with Crippen LogP contribution in [0.4, 0.5) is 0 Å². The predicted molar refractivity (Wildman–Crippen MR) is 138 cm³/mol. The molecule has 5 rings (SSSR count). The Kier molecular flexibility index (Phi) is 6.91. The molecule has 1 unspecified atom stereocenters. The van der Waals surface area contributed by atoms with E-state index in [0.717, 1.165) is 35.5 Å². The van der Waals surface area contributed by atoms with Crippen LogP contribution in [-0.4, -0.2) is 59.5 Å². The Hall–Kier alpha value is -4.23. The number of benzene rings is 3. The smallest absolute Gasteiger partial charge is 0.321 e. The van der Waals surface area contributed by atoms with Gasteiger partial charge in [0, 0.05) is 43.2 Å². The highest BCUT2D eigenvalue weighted by Crippen LogP contribution is 2.28. The zero-order valence-electron chi connectivity index (χ0n) is 20.4. The first-order valence-corrected chi connectivity index (χ1v) is 11.9. The molecule has 4 aromatic rings. The number of methoxy groups -OCH3 is 1. The molecular formula is C29H28N4O3. The van der Waals surface area contributed by atoms with Crippen molar-refractivity contribution >= 4 is 5.91 Å². The molecule has 0 bridgehead atoms. The van der Waals surface area contributed by atoms with Gasteiger partial charge in [-0.25, -0.2) is 9.97 Å². The zero-order valence-corrected chi connectivity index (χ0v) is 20.4. The normalized spacial score (nSPS) is 15.9. The van der Waals surface area contributed by atoms with Gasteiger partial charge in [-0.3, -0.25) is 4.79 Å². The van der Waals surface area contributed by atoms with E-state index in [-0.39, 0.29) is 18.0 Å². The highest BCUT2D eigenvalue weighted by molar-refractivity contribution is 5.95. The molecule has 0 aliphatic carbocycles. The van der Waals surface area contributed by atoms with Gasteiger partial charge in [0.1, 0.15) is 11.5 Å². The van der Waals surface area contributed by atoms with Crippen molar-refractivity contribution in [2.75, 3.05) is 33.8 Å². The minimum Gasteiger partial charge on any atom is -0.497 e. The zero-order chi connectivity index (χ0) is 24.9. The number of nitrogens with zero attached hydrogens (tertiary/aromatic N) is 4. The predicted octanol–water partition coefficient (Wildman–Crippen LogP) is 5.07. The number of amides is 1. The van der Waals surface area contributed by atoms with Crippen molar-refractivity contribution < 1.29 is 14.3 Å². The van der Waals surface area contributed by atoms with Gasteiger partial charge in [-0.15, -0.1) is 0 Å². The third-order valence-electron chi connectivity index (χ3n) is 6.39. The number of carbonyl (C=O) groups excluding carboxylic acids is 1. The van der Waals surface area contributed by atoms with Crippen LogP contribution in [0.15, 0.2) is 91.3 Å². The summed E-state index contributed by atoms with van der Waals surface area (Å²) in [6, 6.07) is 25.4. The third-order valence-corrected chi connectivity index (χ3v) is 6.39. The second kappa shape index (κ2) is 10.6. The molecule has 3 aromatic carbocycles. The van der Waals surface area contributed by atoms with Crippen LogP contribution >= 0.6 is 0 Å². The highest BCUT2D eigenvalue weighted by Gasteiger charge is 2.30. The SMILES string of the molecule is COc1ccc(Oc2ncc(-c3ccc(C(=O)N4CCN(C)CC4c4ccccc4)cc3)cn2)cc1. The van der Waals surface area contributed by atoms with Crippen molar-refractivity contribution in [3.63, 3.8) is 0 Å². The molecular weight excluding hydrogens is 452 g/mol. The molecule has 0 saturated carbocycles. The maximum absolute atomic E-state index is 13.5. The summed E-state index contributed by atoms with van der Waals surface area (Å²) in [5.41, 5.74) is 3.60. The lowest BCUT2D eigenvalue weighted by Gasteiger charge is -2.40. The lowest BCUT2D eigenvalue weighted by Crippen LogP contribution is -2.49. The summed E-state index contributed by atoms with van der Waals surface area (Å²) in [5.74, 6) is 1.43. The number of ether oxygens (including phenoxy) is 2. The summed E-state index contributed by atoms with van der Waals surface area (Å²) >= 11 is 0. The summed E-state index contributed by atoms with van der Waals surface area (Å²) in [6.45, 7) is 2.37. The van der Waals surface area contributed by atoms with E-state index >= 15 is 0 Å². The Balaban J connectivity index is 1.28. The molecule has 0 radical (unpaired) electrons. The minimum absolute atomic E-state index is 0.0313. The van der Waals surface area contributed by atoms with Gasteiger partial charge in [0.25, 0.3) is 5.91 Å². The Morgan fingerprint density at radius 1 is 0.833 bits per heavy atom. The minimum atomic E-state index is 0.0313. The Morgan fingerprint density at radius 2 is 1.50 bits per heavy atom. The largest absolute Gasteiger partial charge is 0.497 e. The van der Waals surface area contributed by atoms with Crippen molar-refractivity contribution in [1.29, 1.82) is 0 Å². The fraction of sp³-hybridized carbons (Fsp3) is 0.207. The van der Waals surface area contributed by atoms with Crippen molar-refractivity contribution in [2.24, 2.45) is 0 Å². The number of piperazine rings is 1. The van der Waals surface area contributed by atoms with Crippen molar-refractivity contribution in [3.8, 4) is 28.6 Å². The van der Waals surface area contributed by atoms with Gasteiger partial charge in [-0.1, -0.05) is 42.5 Å². The molecule has 2 heterocycles. The van der Waals surface area contributed by atoms with E-state index in [1.807, 2.05) is 59.5 Å². The Morgan fingerprint density at radius 3 is 2.17 bits per heavy atom. The number of aromatic nitrogens is 2. The molecule has 36 heavy (non-hydrogen) atoms. The fourth-order valence-electron chi connectivity index (χ4n) is 4.36. The van der Waals surface area contributed by atoms with Crippen molar-refractivity contribution in [2.45, 2.75) is 6.04 Å². The highest BCUT2D eigenvalue weighted by atomic mass is 16.5. The molecule has 1 aliphatic rings. The van der Waals surface area contributed by atoms with Crippen molar-refractivity contribution in [3.05, 3.63) is 102 Å². The molecule has 182 valence electrons. The van der Waals surface area contributed by atoms with Crippen molar-refractivity contribution in [1.82, 2.24) is 19.8 Å². The van der Waals surface area contributed by atoms with Gasteiger partial charge in [-0.05, 0) is 54.6 Å². The number of rotatable bonds is 6. The number of hydrogen-bond acceptors (Lipinski definition) is 6. The van der Waals surface area contributed by atoms with Crippen LogP contribution < -0.4 is 9.47 Å². The average molecular weight is 481 g/mol. The Labute approximate surface area is 210 Å². The first-order chi connectivity index (χ1) is 17.6. The van der Waals surface area contributed by atoms with Gasteiger partial charge in [0.05, 0.1) is 13.2 Å². The molecule has 7 nitrogen and oxygen atoms in total. The van der Waals surface area contributed by atoms with Gasteiger partial charge in [-0.2, -0.15) is 0 Å². The van der Waals surface area contributed by atoms with E-state index in [0.29, 0.717) is 17.9 Å². The van der Waals surface area contributed by atoms with Crippen LogP contribution in [-0.2, 0) is 0 Å². The van der Waals surface area contributed by atoms with Gasteiger partial charge < -0.3 is 19.3 Å². The Bertz CT molecular complexity index is 1290. The van der Waals surface area contributed by atoms with E-state index in [1.165, 1.54) is 0 Å². The van der Waals surface area contributed by atoms with Crippen LogP contribution in [0.5, 0.6) is 17.5 Å². The molecule has 1 amide bonds. The quantitative estimate of drug-likeness (QED) is 0.384. The molecule has 0 spiro atoms. The van der Waals surface area contributed by atoms with Gasteiger partial charge >= 0.3 is 6.01 Å². The topological polar surface area (TPSA) is 67.8 Å². The molecule has 0 N–H and O–H groups in total. The number of likely N-dealkylation sites (N-methyl/N-ethyl adjacent to an activating group) is 1. The number of carbonyl (C=O) groups is 1. The van der Waals surface area contributed by atoms with E-state index in [9.17, 15) is 4.79 Å².